The first-order valence-electron chi connectivity index (χ1n) is 5.95. The molecule has 0 saturated carbocycles. The van der Waals surface area contributed by atoms with Crippen molar-refractivity contribution in [2.75, 3.05) is 11.4 Å². The van der Waals surface area contributed by atoms with Crippen molar-refractivity contribution in [2.24, 2.45) is 5.73 Å². The number of carbonyl (C=O) groups is 1. The summed E-state index contributed by atoms with van der Waals surface area (Å²) >= 11 is 0. The number of anilines is 1. The number of rotatable bonds is 1. The van der Waals surface area contributed by atoms with Crippen LogP contribution in [0.25, 0.3) is 10.8 Å². The maximum absolute atomic E-state index is 12.0. The molecule has 4 nitrogen and oxygen atoms in total. The Morgan fingerprint density at radius 2 is 2.05 bits per heavy atom. The SMILES string of the molecule is Cl.NC1CCN(c2cccc3ccc(O)cc23)C1=O. The zero-order chi connectivity index (χ0) is 12.7. The quantitative estimate of drug-likeness (QED) is 0.839. The number of carbonyl (C=O) groups excluding carboxylic acids is 1. The lowest BCUT2D eigenvalue weighted by Crippen LogP contribution is -2.34. The van der Waals surface area contributed by atoms with E-state index in [4.69, 9.17) is 5.73 Å². The number of nitrogens with two attached hydrogens (primary N) is 1. The van der Waals surface area contributed by atoms with Gasteiger partial charge in [0.25, 0.3) is 0 Å². The molecule has 1 saturated heterocycles. The summed E-state index contributed by atoms with van der Waals surface area (Å²) in [5.74, 6) is 0.150. The fourth-order valence-corrected chi connectivity index (χ4v) is 2.42. The average molecular weight is 279 g/mol. The normalized spacial score (nSPS) is 18.7. The van der Waals surface area contributed by atoms with E-state index in [0.29, 0.717) is 13.0 Å². The summed E-state index contributed by atoms with van der Waals surface area (Å²) in [7, 11) is 0. The second-order valence-electron chi connectivity index (χ2n) is 4.57. The third kappa shape index (κ3) is 2.25. The van der Waals surface area contributed by atoms with E-state index in [-0.39, 0.29) is 24.1 Å². The largest absolute Gasteiger partial charge is 0.508 e. The van der Waals surface area contributed by atoms with Gasteiger partial charge in [0.1, 0.15) is 5.75 Å². The number of phenols is 1. The van der Waals surface area contributed by atoms with Crippen LogP contribution in [0.2, 0.25) is 0 Å². The first kappa shape index (κ1) is 13.6. The highest BCUT2D eigenvalue weighted by molar-refractivity contribution is 6.07. The van der Waals surface area contributed by atoms with Gasteiger partial charge in [-0.1, -0.05) is 18.2 Å². The van der Waals surface area contributed by atoms with Gasteiger partial charge in [0.2, 0.25) is 5.91 Å². The minimum absolute atomic E-state index is 0. The zero-order valence-electron chi connectivity index (χ0n) is 10.2. The van der Waals surface area contributed by atoms with E-state index >= 15 is 0 Å². The first-order chi connectivity index (χ1) is 8.66. The van der Waals surface area contributed by atoms with Crippen molar-refractivity contribution >= 4 is 34.8 Å². The van der Waals surface area contributed by atoms with Gasteiger partial charge in [-0.15, -0.1) is 12.4 Å². The molecule has 5 heteroatoms. The van der Waals surface area contributed by atoms with Gasteiger partial charge in [0.15, 0.2) is 0 Å². The summed E-state index contributed by atoms with van der Waals surface area (Å²) in [6, 6.07) is 10.5. The topological polar surface area (TPSA) is 66.6 Å². The Labute approximate surface area is 117 Å². The number of phenolic OH excluding ortho intramolecular Hbond substituents is 1. The number of amides is 1. The summed E-state index contributed by atoms with van der Waals surface area (Å²) in [5, 5.41) is 11.5. The van der Waals surface area contributed by atoms with Crippen LogP contribution in [0.3, 0.4) is 0 Å². The number of hydrogen-bond acceptors (Lipinski definition) is 3. The minimum atomic E-state index is -0.405. The Morgan fingerprint density at radius 1 is 1.26 bits per heavy atom. The zero-order valence-corrected chi connectivity index (χ0v) is 11.1. The lowest BCUT2D eigenvalue weighted by Gasteiger charge is -2.18. The summed E-state index contributed by atoms with van der Waals surface area (Å²) < 4.78 is 0. The van der Waals surface area contributed by atoms with Gasteiger partial charge in [0, 0.05) is 11.9 Å². The molecule has 1 aliphatic rings. The van der Waals surface area contributed by atoms with E-state index in [1.807, 2.05) is 24.3 Å². The fraction of sp³-hybridized carbons (Fsp3) is 0.214. The minimum Gasteiger partial charge on any atom is -0.508 e. The second kappa shape index (κ2) is 5.07. The van der Waals surface area contributed by atoms with Crippen LogP contribution < -0.4 is 10.6 Å². The molecular formula is C14H15ClN2O2. The number of halogens is 1. The molecule has 1 heterocycles. The van der Waals surface area contributed by atoms with Crippen molar-refractivity contribution in [1.82, 2.24) is 0 Å². The van der Waals surface area contributed by atoms with Crippen molar-refractivity contribution in [3.63, 3.8) is 0 Å². The van der Waals surface area contributed by atoms with Crippen molar-refractivity contribution in [3.05, 3.63) is 36.4 Å². The van der Waals surface area contributed by atoms with E-state index < -0.39 is 6.04 Å². The van der Waals surface area contributed by atoms with Gasteiger partial charge in [-0.25, -0.2) is 0 Å². The Balaban J connectivity index is 0.00000133. The van der Waals surface area contributed by atoms with E-state index in [0.717, 1.165) is 16.5 Å². The average Bonchev–Trinajstić information content (AvgIpc) is 2.69. The first-order valence-corrected chi connectivity index (χ1v) is 5.95. The molecule has 19 heavy (non-hydrogen) atoms. The van der Waals surface area contributed by atoms with Crippen molar-refractivity contribution in [1.29, 1.82) is 0 Å². The standard InChI is InChI=1S/C14H14N2O2.ClH/c15-12-6-7-16(14(12)18)13-3-1-2-9-4-5-10(17)8-11(9)13;/h1-5,8,12,17H,6-7,15H2;1H. The van der Waals surface area contributed by atoms with E-state index in [1.54, 1.807) is 17.0 Å². The molecule has 0 aliphatic carbocycles. The Bertz CT molecular complexity index is 630. The number of fused-ring (bicyclic) bond motifs is 1. The van der Waals surface area contributed by atoms with Crippen LogP contribution >= 0.6 is 12.4 Å². The van der Waals surface area contributed by atoms with Crippen LogP contribution in [0, 0.1) is 0 Å². The lowest BCUT2D eigenvalue weighted by molar-refractivity contribution is -0.118. The van der Waals surface area contributed by atoms with Crippen LogP contribution in [0.4, 0.5) is 5.69 Å². The Hall–Kier alpha value is -1.78. The van der Waals surface area contributed by atoms with E-state index in [1.165, 1.54) is 0 Å². The highest BCUT2D eigenvalue weighted by atomic mass is 35.5. The molecule has 3 rings (SSSR count). The monoisotopic (exact) mass is 278 g/mol. The van der Waals surface area contributed by atoms with Crippen LogP contribution in [-0.4, -0.2) is 23.6 Å². The van der Waals surface area contributed by atoms with Crippen molar-refractivity contribution in [2.45, 2.75) is 12.5 Å². The predicted octanol–water partition coefficient (Wildman–Crippen LogP) is 2.03. The van der Waals surface area contributed by atoms with Crippen molar-refractivity contribution < 1.29 is 9.90 Å². The molecule has 3 N–H and O–H groups in total. The Morgan fingerprint density at radius 3 is 2.74 bits per heavy atom. The van der Waals surface area contributed by atoms with Crippen LogP contribution in [0.15, 0.2) is 36.4 Å². The number of nitrogens with zero attached hydrogens (tertiary/aromatic N) is 1. The summed E-state index contributed by atoms with van der Waals surface area (Å²) in [6.45, 7) is 0.634. The maximum atomic E-state index is 12.0. The summed E-state index contributed by atoms with van der Waals surface area (Å²) in [6.07, 6.45) is 0.675. The number of benzene rings is 2. The summed E-state index contributed by atoms with van der Waals surface area (Å²) in [5.41, 5.74) is 6.56. The molecule has 1 unspecified atom stereocenters. The number of hydrogen-bond donors (Lipinski definition) is 2. The predicted molar refractivity (Wildman–Crippen MR) is 77.8 cm³/mol. The molecule has 0 spiro atoms. The molecule has 1 fully saturated rings. The fourth-order valence-electron chi connectivity index (χ4n) is 2.42. The third-order valence-corrected chi connectivity index (χ3v) is 3.38. The van der Waals surface area contributed by atoms with Gasteiger partial charge in [-0.2, -0.15) is 0 Å². The molecule has 0 radical (unpaired) electrons. The van der Waals surface area contributed by atoms with Crippen LogP contribution in [0.1, 0.15) is 6.42 Å². The van der Waals surface area contributed by atoms with Crippen LogP contribution in [0.5, 0.6) is 5.75 Å². The molecule has 1 amide bonds. The third-order valence-electron chi connectivity index (χ3n) is 3.38. The molecule has 0 aromatic heterocycles. The molecule has 100 valence electrons. The van der Waals surface area contributed by atoms with E-state index in [9.17, 15) is 9.90 Å². The molecule has 2 aromatic carbocycles. The van der Waals surface area contributed by atoms with Crippen LogP contribution in [-0.2, 0) is 4.79 Å². The maximum Gasteiger partial charge on any atom is 0.243 e. The van der Waals surface area contributed by atoms with Gasteiger partial charge in [0.05, 0.1) is 11.7 Å². The van der Waals surface area contributed by atoms with Gasteiger partial charge in [-0.3, -0.25) is 4.79 Å². The van der Waals surface area contributed by atoms with Gasteiger partial charge in [-0.05, 0) is 30.0 Å². The smallest absolute Gasteiger partial charge is 0.243 e. The van der Waals surface area contributed by atoms with E-state index in [2.05, 4.69) is 0 Å². The summed E-state index contributed by atoms with van der Waals surface area (Å²) in [4.78, 5) is 13.7. The lowest BCUT2D eigenvalue weighted by atomic mass is 10.1. The molecule has 1 aliphatic heterocycles. The molecular weight excluding hydrogens is 264 g/mol. The van der Waals surface area contributed by atoms with Gasteiger partial charge >= 0.3 is 0 Å². The Kier molecular flexibility index (Phi) is 3.64. The highest BCUT2D eigenvalue weighted by Crippen LogP contribution is 2.31. The molecule has 2 aromatic rings. The molecule has 0 bridgehead atoms. The second-order valence-corrected chi connectivity index (χ2v) is 4.57. The number of aromatic hydroxyl groups is 1. The van der Waals surface area contributed by atoms with Crippen molar-refractivity contribution in [3.8, 4) is 5.75 Å². The van der Waals surface area contributed by atoms with Gasteiger partial charge < -0.3 is 15.7 Å². The highest BCUT2D eigenvalue weighted by Gasteiger charge is 2.30. The molecule has 1 atom stereocenters.